The third-order valence-corrected chi connectivity index (χ3v) is 2.12. The lowest BCUT2D eigenvalue weighted by Gasteiger charge is -2.00. The van der Waals surface area contributed by atoms with Gasteiger partial charge in [0.1, 0.15) is 4.60 Å². The van der Waals surface area contributed by atoms with Crippen molar-refractivity contribution < 1.29 is 0 Å². The molecule has 0 unspecified atom stereocenters. The van der Waals surface area contributed by atoms with E-state index in [1.54, 1.807) is 10.9 Å². The maximum absolute atomic E-state index is 4.23. The zero-order valence-electron chi connectivity index (χ0n) is 7.11. The fourth-order valence-corrected chi connectivity index (χ4v) is 1.41. The van der Waals surface area contributed by atoms with Gasteiger partial charge in [-0.1, -0.05) is 0 Å². The number of aromatic nitrogens is 3. The highest BCUT2D eigenvalue weighted by Gasteiger charge is 1.98. The third kappa shape index (κ3) is 1.78. The molecule has 3 nitrogen and oxygen atoms in total. The highest BCUT2D eigenvalue weighted by Crippen LogP contribution is 2.10. The number of hydrogen-bond acceptors (Lipinski definition) is 2. The zero-order chi connectivity index (χ0) is 9.26. The van der Waals surface area contributed by atoms with Crippen LogP contribution < -0.4 is 0 Å². The summed E-state index contributed by atoms with van der Waals surface area (Å²) in [5, 5.41) is 4.23. The Balaban J connectivity index is 2.46. The number of pyridine rings is 1. The second-order valence-corrected chi connectivity index (χ2v) is 3.55. The van der Waals surface area contributed by atoms with Gasteiger partial charge in [0.15, 0.2) is 0 Å². The van der Waals surface area contributed by atoms with Crippen LogP contribution >= 0.6 is 15.9 Å². The number of nitrogens with zero attached hydrogens (tertiary/aromatic N) is 3. The summed E-state index contributed by atoms with van der Waals surface area (Å²) in [7, 11) is 0. The lowest BCUT2D eigenvalue weighted by Crippen LogP contribution is -1.95. The Morgan fingerprint density at radius 2 is 2.23 bits per heavy atom. The molecule has 0 aliphatic carbocycles. The third-order valence-electron chi connectivity index (χ3n) is 1.70. The number of aryl methyl sites for hydroxylation is 1. The van der Waals surface area contributed by atoms with Crippen molar-refractivity contribution in [1.29, 1.82) is 0 Å². The summed E-state index contributed by atoms with van der Waals surface area (Å²) in [5.41, 5.74) is 2.02. The second kappa shape index (κ2) is 3.30. The van der Waals surface area contributed by atoms with Crippen LogP contribution in [0.25, 0.3) is 5.69 Å². The highest BCUT2D eigenvalue weighted by atomic mass is 79.9. The van der Waals surface area contributed by atoms with E-state index in [9.17, 15) is 0 Å². The molecule has 0 aromatic carbocycles. The first kappa shape index (κ1) is 8.44. The van der Waals surface area contributed by atoms with Crippen molar-refractivity contribution in [2.75, 3.05) is 0 Å². The van der Waals surface area contributed by atoms with Gasteiger partial charge in [-0.25, -0.2) is 4.68 Å². The second-order valence-electron chi connectivity index (χ2n) is 2.74. The molecule has 0 aliphatic heterocycles. The van der Waals surface area contributed by atoms with Crippen LogP contribution in [0, 0.1) is 6.92 Å². The smallest absolute Gasteiger partial charge is 0.128 e. The zero-order valence-corrected chi connectivity index (χ0v) is 8.69. The number of halogens is 1. The molecule has 0 fully saturated rings. The predicted molar refractivity (Wildman–Crippen MR) is 53.8 cm³/mol. The van der Waals surface area contributed by atoms with E-state index in [4.69, 9.17) is 0 Å². The van der Waals surface area contributed by atoms with Crippen LogP contribution in [-0.4, -0.2) is 14.8 Å². The maximum atomic E-state index is 4.23. The van der Waals surface area contributed by atoms with Crippen molar-refractivity contribution >= 4 is 15.9 Å². The van der Waals surface area contributed by atoms with Crippen LogP contribution in [0.3, 0.4) is 0 Å². The summed E-state index contributed by atoms with van der Waals surface area (Å²) in [5.74, 6) is 0. The molecule has 66 valence electrons. The van der Waals surface area contributed by atoms with E-state index in [-0.39, 0.29) is 0 Å². The molecular formula is C9H8BrN3. The van der Waals surface area contributed by atoms with Crippen LogP contribution in [0.2, 0.25) is 0 Å². The highest BCUT2D eigenvalue weighted by molar-refractivity contribution is 9.10. The van der Waals surface area contributed by atoms with Gasteiger partial charge in [-0.05, 0) is 41.1 Å². The molecule has 0 saturated heterocycles. The van der Waals surface area contributed by atoms with Gasteiger partial charge >= 0.3 is 0 Å². The number of rotatable bonds is 1. The minimum absolute atomic E-state index is 0.835. The first-order chi connectivity index (χ1) is 6.25. The quantitative estimate of drug-likeness (QED) is 0.763. The Bertz CT molecular complexity index is 422. The van der Waals surface area contributed by atoms with E-state index in [1.165, 1.54) is 0 Å². The van der Waals surface area contributed by atoms with Gasteiger partial charge in [-0.15, -0.1) is 0 Å². The van der Waals surface area contributed by atoms with E-state index in [0.29, 0.717) is 0 Å². The van der Waals surface area contributed by atoms with Crippen molar-refractivity contribution in [3.8, 4) is 5.69 Å². The van der Waals surface area contributed by atoms with E-state index in [2.05, 4.69) is 26.0 Å². The normalized spacial score (nSPS) is 10.3. The van der Waals surface area contributed by atoms with Crippen LogP contribution in [0.15, 0.2) is 35.2 Å². The van der Waals surface area contributed by atoms with Crippen molar-refractivity contribution in [2.45, 2.75) is 6.92 Å². The van der Waals surface area contributed by atoms with Crippen molar-refractivity contribution in [2.24, 2.45) is 0 Å². The van der Waals surface area contributed by atoms with Gasteiger partial charge in [0, 0.05) is 18.1 Å². The maximum Gasteiger partial charge on any atom is 0.128 e. The molecule has 0 radical (unpaired) electrons. The van der Waals surface area contributed by atoms with Crippen molar-refractivity contribution in [1.82, 2.24) is 14.8 Å². The van der Waals surface area contributed by atoms with Crippen molar-refractivity contribution in [3.05, 3.63) is 40.9 Å². The monoisotopic (exact) mass is 237 g/mol. The summed E-state index contributed by atoms with van der Waals surface area (Å²) >= 11 is 3.30. The molecule has 13 heavy (non-hydrogen) atoms. The van der Waals surface area contributed by atoms with Crippen molar-refractivity contribution in [3.63, 3.8) is 0 Å². The van der Waals surface area contributed by atoms with Crippen LogP contribution in [0.5, 0.6) is 0 Å². The van der Waals surface area contributed by atoms with E-state index in [1.807, 2.05) is 31.3 Å². The van der Waals surface area contributed by atoms with Gasteiger partial charge in [-0.3, -0.25) is 4.98 Å². The molecule has 4 heteroatoms. The van der Waals surface area contributed by atoms with Crippen LogP contribution in [-0.2, 0) is 0 Å². The standard InChI is InChI=1S/C9H8BrN3/c1-7-6-8(2-4-11-7)13-5-3-9(10)12-13/h2-6H,1H3. The van der Waals surface area contributed by atoms with Crippen LogP contribution in [0.1, 0.15) is 5.69 Å². The van der Waals surface area contributed by atoms with Crippen LogP contribution in [0.4, 0.5) is 0 Å². The van der Waals surface area contributed by atoms with Gasteiger partial charge in [0.05, 0.1) is 5.69 Å². The lowest BCUT2D eigenvalue weighted by atomic mass is 10.3. The van der Waals surface area contributed by atoms with Gasteiger partial charge in [0.25, 0.3) is 0 Å². The average molecular weight is 238 g/mol. The molecule has 0 atom stereocenters. The topological polar surface area (TPSA) is 30.7 Å². The van der Waals surface area contributed by atoms with Gasteiger partial charge in [0.2, 0.25) is 0 Å². The first-order valence-corrected chi connectivity index (χ1v) is 4.69. The molecule has 2 heterocycles. The molecule has 2 aromatic heterocycles. The minimum Gasteiger partial charge on any atom is -0.261 e. The number of hydrogen-bond donors (Lipinski definition) is 0. The Morgan fingerprint density at radius 3 is 2.85 bits per heavy atom. The summed E-state index contributed by atoms with van der Waals surface area (Å²) in [6, 6.07) is 5.81. The van der Waals surface area contributed by atoms with Gasteiger partial charge in [-0.2, -0.15) is 5.10 Å². The summed E-state index contributed by atoms with van der Waals surface area (Å²) in [6.45, 7) is 1.96. The molecule has 0 amide bonds. The molecule has 0 bridgehead atoms. The molecule has 0 N–H and O–H groups in total. The first-order valence-electron chi connectivity index (χ1n) is 3.90. The fraction of sp³-hybridized carbons (Fsp3) is 0.111. The SMILES string of the molecule is Cc1cc(-n2ccc(Br)n2)ccn1. The van der Waals surface area contributed by atoms with E-state index in [0.717, 1.165) is 16.0 Å². The predicted octanol–water partition coefficient (Wildman–Crippen LogP) is 2.34. The molecule has 2 rings (SSSR count). The minimum atomic E-state index is 0.835. The molecule has 0 spiro atoms. The summed E-state index contributed by atoms with van der Waals surface area (Å²) < 4.78 is 2.64. The van der Waals surface area contributed by atoms with E-state index >= 15 is 0 Å². The molecule has 2 aromatic rings. The molecule has 0 aliphatic rings. The molecular weight excluding hydrogens is 230 g/mol. The van der Waals surface area contributed by atoms with Gasteiger partial charge < -0.3 is 0 Å². The fourth-order valence-electron chi connectivity index (χ4n) is 1.12. The molecule has 0 saturated carbocycles. The Kier molecular flexibility index (Phi) is 2.14. The Hall–Kier alpha value is -1.16. The Morgan fingerprint density at radius 1 is 1.38 bits per heavy atom. The summed E-state index contributed by atoms with van der Waals surface area (Å²) in [6.07, 6.45) is 3.68. The van der Waals surface area contributed by atoms with E-state index < -0.39 is 0 Å². The largest absolute Gasteiger partial charge is 0.261 e. The Labute approximate surface area is 84.5 Å². The average Bonchev–Trinajstić information content (AvgIpc) is 2.52. The summed E-state index contributed by atoms with van der Waals surface area (Å²) in [4.78, 5) is 4.12. The lowest BCUT2D eigenvalue weighted by molar-refractivity contribution is 0.865.